The molecule has 0 bridgehead atoms. The van der Waals surface area contributed by atoms with Crippen LogP contribution in [0.25, 0.3) is 0 Å². The summed E-state index contributed by atoms with van der Waals surface area (Å²) >= 11 is 0. The van der Waals surface area contributed by atoms with E-state index in [0.717, 1.165) is 38.5 Å². The van der Waals surface area contributed by atoms with Crippen LogP contribution in [0.4, 0.5) is 0 Å². The van der Waals surface area contributed by atoms with Crippen LogP contribution in [0.15, 0.2) is 60.7 Å². The van der Waals surface area contributed by atoms with Crippen LogP contribution in [0.2, 0.25) is 0 Å². The van der Waals surface area contributed by atoms with Crippen molar-refractivity contribution in [2.45, 2.75) is 527 Å². The number of benzene rings is 2. The Morgan fingerprint density at radius 2 is 0.189 bits per heavy atom. The Morgan fingerprint density at radius 1 is 0.104 bits per heavy atom. The molecule has 106 heavy (non-hydrogen) atoms. The Balaban J connectivity index is 0. The number of aliphatic hydroxyl groups is 6. The average Bonchev–Trinajstić information content (AvgIpc) is 1.41. The predicted octanol–water partition coefficient (Wildman–Crippen LogP) is 31.6. The van der Waals surface area contributed by atoms with Gasteiger partial charge in [-0.05, 0) is 75.3 Å². The molecule has 0 heterocycles. The van der Waals surface area contributed by atoms with Crippen molar-refractivity contribution in [2.75, 3.05) is 39.6 Å². The maximum Gasteiger partial charge on any atom is 0.0431 e. The molecule has 2 aromatic carbocycles. The average molecular weight is 1490 g/mol. The van der Waals surface area contributed by atoms with E-state index < -0.39 is 0 Å². The summed E-state index contributed by atoms with van der Waals surface area (Å²) in [6.07, 6.45) is 112. The highest BCUT2D eigenvalue weighted by Crippen LogP contribution is 2.21. The van der Waals surface area contributed by atoms with Crippen LogP contribution in [0.1, 0.15) is 525 Å². The van der Waals surface area contributed by atoms with Crippen molar-refractivity contribution in [2.24, 2.45) is 0 Å². The molecule has 0 saturated heterocycles. The van der Waals surface area contributed by atoms with Gasteiger partial charge >= 0.3 is 0 Å². The second kappa shape index (κ2) is 103. The van der Waals surface area contributed by atoms with Crippen molar-refractivity contribution in [3.63, 3.8) is 0 Å². The third kappa shape index (κ3) is 100. The molecule has 0 aliphatic carbocycles. The molecule has 0 fully saturated rings. The molecule has 6 heteroatoms. The summed E-state index contributed by atoms with van der Waals surface area (Å²) in [6.45, 7) is 2.21. The van der Waals surface area contributed by atoms with Gasteiger partial charge in [0, 0.05) is 39.6 Å². The summed E-state index contributed by atoms with van der Waals surface area (Å²) in [4.78, 5) is 0. The molecule has 0 amide bonds. The summed E-state index contributed by atoms with van der Waals surface area (Å²) in [5.74, 6) is 0. The van der Waals surface area contributed by atoms with Gasteiger partial charge in [0.2, 0.25) is 0 Å². The van der Waals surface area contributed by atoms with Crippen LogP contribution in [-0.2, 0) is 12.8 Å². The first-order valence-electron chi connectivity index (χ1n) is 48.4. The second-order valence-electron chi connectivity index (χ2n) is 33.1. The lowest BCUT2D eigenvalue weighted by Gasteiger charge is -2.04. The molecule has 0 atom stereocenters. The van der Waals surface area contributed by atoms with Gasteiger partial charge in [0.1, 0.15) is 0 Å². The van der Waals surface area contributed by atoms with Gasteiger partial charge in [0.25, 0.3) is 0 Å². The van der Waals surface area contributed by atoms with Crippen LogP contribution < -0.4 is 0 Å². The molecule has 0 aliphatic rings. The van der Waals surface area contributed by atoms with Gasteiger partial charge in [-0.1, -0.05) is 523 Å². The van der Waals surface area contributed by atoms with Crippen molar-refractivity contribution in [3.8, 4) is 0 Å². The van der Waals surface area contributed by atoms with E-state index in [9.17, 15) is 0 Å². The van der Waals surface area contributed by atoms with E-state index in [-0.39, 0.29) is 0 Å². The van der Waals surface area contributed by atoms with E-state index in [4.69, 9.17) is 30.6 Å². The van der Waals surface area contributed by atoms with E-state index >= 15 is 0 Å². The maximum absolute atomic E-state index is 8.75. The zero-order chi connectivity index (χ0) is 76.5. The monoisotopic (exact) mass is 1490 g/mol. The van der Waals surface area contributed by atoms with Gasteiger partial charge in [-0.2, -0.15) is 0 Å². The summed E-state index contributed by atoms with van der Waals surface area (Å²) in [5.41, 5.74) is 3.00. The number of aliphatic hydroxyl groups excluding tert-OH is 6. The fraction of sp³-hybridized carbons (Fsp3) is 0.880. The lowest BCUT2D eigenvalue weighted by Crippen LogP contribution is -1.86. The van der Waals surface area contributed by atoms with Gasteiger partial charge in [0.05, 0.1) is 0 Å². The Hall–Kier alpha value is -1.80. The molecule has 0 saturated carbocycles. The van der Waals surface area contributed by atoms with Crippen molar-refractivity contribution < 1.29 is 30.6 Å². The van der Waals surface area contributed by atoms with E-state index in [2.05, 4.69) is 60.7 Å². The summed E-state index contributed by atoms with van der Waals surface area (Å²) in [6, 6.07) is 21.8. The molecular weight excluding hydrogens is 1300 g/mol. The zero-order valence-corrected chi connectivity index (χ0v) is 71.7. The third-order valence-electron chi connectivity index (χ3n) is 22.6. The maximum atomic E-state index is 8.75. The number of hydrogen-bond acceptors (Lipinski definition) is 6. The fourth-order valence-corrected chi connectivity index (χ4v) is 15.3. The van der Waals surface area contributed by atoms with E-state index in [1.165, 1.54) is 499 Å². The number of aryl methyl sites for hydroxylation is 2. The Bertz CT molecular complexity index is 1560. The van der Waals surface area contributed by atoms with Crippen LogP contribution >= 0.6 is 0 Å². The Morgan fingerprint density at radius 3 is 0.283 bits per heavy atom. The quantitative estimate of drug-likeness (QED) is 0.0367. The minimum atomic E-state index is 0.366. The smallest absolute Gasteiger partial charge is 0.0431 e. The highest BCUT2D eigenvalue weighted by atomic mass is 16.3. The largest absolute Gasteiger partial charge is 0.396 e. The SMILES string of the molecule is OCCCCCCCCCCCCCCCCCCCCCCO.OCCCCCCCCCCCCCCCCCCCCCCO.OCCCCCCCCCCCCCCCCCCCCCCc1ccccc1.OCCCCCCCCCCCCCCCCCCCCCCc1ccccc1. The molecule has 0 aromatic heterocycles. The van der Waals surface area contributed by atoms with Crippen molar-refractivity contribution in [1.82, 2.24) is 0 Å². The van der Waals surface area contributed by atoms with E-state index in [1.54, 1.807) is 0 Å². The van der Waals surface area contributed by atoms with E-state index in [0.29, 0.717) is 39.6 Å². The lowest BCUT2D eigenvalue weighted by molar-refractivity contribution is 0.282. The first-order valence-corrected chi connectivity index (χ1v) is 48.4. The molecule has 0 unspecified atom stereocenters. The third-order valence-corrected chi connectivity index (χ3v) is 22.6. The van der Waals surface area contributed by atoms with Crippen LogP contribution in [0.5, 0.6) is 0 Å². The second-order valence-corrected chi connectivity index (χ2v) is 33.1. The summed E-state index contributed by atoms with van der Waals surface area (Å²) in [5, 5.41) is 52.3. The molecule has 6 N–H and O–H groups in total. The zero-order valence-electron chi connectivity index (χ0n) is 71.7. The molecule has 6 nitrogen and oxygen atoms in total. The highest BCUT2D eigenvalue weighted by Gasteiger charge is 2.03. The molecule has 2 rings (SSSR count). The molecule has 628 valence electrons. The van der Waals surface area contributed by atoms with Crippen molar-refractivity contribution >= 4 is 0 Å². The van der Waals surface area contributed by atoms with Crippen LogP contribution in [0, 0.1) is 0 Å². The topological polar surface area (TPSA) is 121 Å². The molecular formula is C100H192O6. The highest BCUT2D eigenvalue weighted by molar-refractivity contribution is 5.15. The number of rotatable bonds is 86. The predicted molar refractivity (Wildman–Crippen MR) is 472 cm³/mol. The van der Waals surface area contributed by atoms with Crippen LogP contribution in [0.3, 0.4) is 0 Å². The number of hydrogen-bond donors (Lipinski definition) is 6. The minimum Gasteiger partial charge on any atom is -0.396 e. The molecule has 2 aromatic rings. The number of unbranched alkanes of at least 4 members (excludes halogenated alkanes) is 76. The molecule has 0 spiro atoms. The molecule has 0 aliphatic heterocycles. The lowest BCUT2D eigenvalue weighted by atomic mass is 10.0. The van der Waals surface area contributed by atoms with Gasteiger partial charge in [-0.25, -0.2) is 0 Å². The summed E-state index contributed by atoms with van der Waals surface area (Å²) in [7, 11) is 0. The van der Waals surface area contributed by atoms with Crippen LogP contribution in [-0.4, -0.2) is 70.3 Å². The Labute approximate surface area is 664 Å². The van der Waals surface area contributed by atoms with Gasteiger partial charge < -0.3 is 30.6 Å². The van der Waals surface area contributed by atoms with Crippen molar-refractivity contribution in [3.05, 3.63) is 71.8 Å². The van der Waals surface area contributed by atoms with Gasteiger partial charge in [-0.3, -0.25) is 0 Å². The van der Waals surface area contributed by atoms with Gasteiger partial charge in [-0.15, -0.1) is 0 Å². The van der Waals surface area contributed by atoms with Gasteiger partial charge in [0.15, 0.2) is 0 Å². The van der Waals surface area contributed by atoms with E-state index in [1.807, 2.05) is 0 Å². The Kier molecular flexibility index (Phi) is 103. The molecule has 0 radical (unpaired) electrons. The standard InChI is InChI=1S/2C28H50O.2C22H46O2/c2*29-27-23-18-16-14-12-10-8-6-4-2-1-3-5-7-9-11-13-15-17-20-24-28-25-21-19-22-26-28;2*23-21-19-17-15-13-11-9-7-5-3-1-2-4-6-8-10-12-14-16-18-20-22-24/h2*19,21-22,25-26,29H,1-18,20,23-24,27H2;2*23-24H,1-22H2. The van der Waals surface area contributed by atoms with Crippen molar-refractivity contribution in [1.29, 1.82) is 0 Å². The fourth-order valence-electron chi connectivity index (χ4n) is 15.3. The summed E-state index contributed by atoms with van der Waals surface area (Å²) < 4.78 is 0. The first kappa shape index (κ1) is 106. The first-order chi connectivity index (χ1) is 52.7. The normalized spacial score (nSPS) is 11.2. The minimum absolute atomic E-state index is 0.366.